The fourth-order valence-electron chi connectivity index (χ4n) is 1.10. The molecule has 0 rings (SSSR count). The third-order valence-corrected chi connectivity index (χ3v) is 2.09. The minimum absolute atomic E-state index is 0.150. The van der Waals surface area contributed by atoms with Crippen LogP contribution in [-0.2, 0) is 9.53 Å². The number of rotatable bonds is 6. The Morgan fingerprint density at radius 3 is 2.40 bits per heavy atom. The van der Waals surface area contributed by atoms with E-state index in [1.807, 2.05) is 12.1 Å². The predicted octanol–water partition coefficient (Wildman–Crippen LogP) is 2.16. The minimum atomic E-state index is -0.563. The van der Waals surface area contributed by atoms with Gasteiger partial charge in [-0.15, -0.1) is 0 Å². The average Bonchev–Trinajstić information content (AvgIpc) is 2.18. The summed E-state index contributed by atoms with van der Waals surface area (Å²) in [5.41, 5.74) is -0.563. The highest BCUT2D eigenvalue weighted by atomic mass is 16.5. The van der Waals surface area contributed by atoms with Crippen molar-refractivity contribution in [3.05, 3.63) is 0 Å². The van der Waals surface area contributed by atoms with Crippen LogP contribution in [0.5, 0.6) is 0 Å². The first-order valence-electron chi connectivity index (χ1n) is 4.95. The van der Waals surface area contributed by atoms with Crippen LogP contribution in [0.25, 0.3) is 0 Å². The summed E-state index contributed by atoms with van der Waals surface area (Å²) in [7, 11) is 0. The van der Waals surface area contributed by atoms with Crippen molar-refractivity contribution in [2.45, 2.75) is 39.5 Å². The fraction of sp³-hybridized carbons (Fsp3) is 0.727. The molecule has 0 aliphatic heterocycles. The van der Waals surface area contributed by atoms with Gasteiger partial charge in [0.05, 0.1) is 24.0 Å². The second kappa shape index (κ2) is 6.84. The Hall–Kier alpha value is -1.55. The normalized spacial score (nSPS) is 10.1. The molecule has 0 spiro atoms. The molecule has 0 aliphatic carbocycles. The third-order valence-electron chi connectivity index (χ3n) is 2.09. The number of esters is 1. The van der Waals surface area contributed by atoms with E-state index < -0.39 is 5.41 Å². The molecular formula is C11H16N2O2. The summed E-state index contributed by atoms with van der Waals surface area (Å²) in [6.45, 7) is 3.73. The largest absolute Gasteiger partial charge is 0.464 e. The van der Waals surface area contributed by atoms with Crippen molar-refractivity contribution in [2.24, 2.45) is 5.41 Å². The highest BCUT2D eigenvalue weighted by Crippen LogP contribution is 2.24. The predicted molar refractivity (Wildman–Crippen MR) is 54.4 cm³/mol. The number of carbonyl (C=O) groups excluding carboxylic acids is 1. The molecule has 0 saturated carbocycles. The molecule has 0 heterocycles. The molecule has 0 unspecified atom stereocenters. The SMILES string of the molecule is CC(C)(CCCC#N)C(=O)OCCC#N. The van der Waals surface area contributed by atoms with E-state index in [4.69, 9.17) is 15.3 Å². The van der Waals surface area contributed by atoms with Crippen LogP contribution >= 0.6 is 0 Å². The number of ether oxygens (including phenoxy) is 1. The first kappa shape index (κ1) is 13.4. The van der Waals surface area contributed by atoms with Crippen molar-refractivity contribution < 1.29 is 9.53 Å². The van der Waals surface area contributed by atoms with Gasteiger partial charge in [-0.25, -0.2) is 0 Å². The molecule has 4 heteroatoms. The Bertz CT molecular complexity index is 284. The van der Waals surface area contributed by atoms with Crippen LogP contribution < -0.4 is 0 Å². The first-order chi connectivity index (χ1) is 7.04. The molecule has 0 atom stereocenters. The smallest absolute Gasteiger partial charge is 0.311 e. The molecule has 0 N–H and O–H groups in total. The summed E-state index contributed by atoms with van der Waals surface area (Å²) >= 11 is 0. The maximum Gasteiger partial charge on any atom is 0.311 e. The molecule has 82 valence electrons. The van der Waals surface area contributed by atoms with Gasteiger partial charge < -0.3 is 4.74 Å². The topological polar surface area (TPSA) is 73.9 Å². The molecule has 0 aromatic heterocycles. The summed E-state index contributed by atoms with van der Waals surface area (Å²) in [6.07, 6.45) is 2.00. The van der Waals surface area contributed by atoms with E-state index in [0.717, 1.165) is 0 Å². The minimum Gasteiger partial charge on any atom is -0.464 e. The highest BCUT2D eigenvalue weighted by molar-refractivity contribution is 5.75. The van der Waals surface area contributed by atoms with Gasteiger partial charge in [0, 0.05) is 6.42 Å². The highest BCUT2D eigenvalue weighted by Gasteiger charge is 2.28. The van der Waals surface area contributed by atoms with Gasteiger partial charge in [-0.05, 0) is 26.7 Å². The second-order valence-electron chi connectivity index (χ2n) is 3.94. The second-order valence-corrected chi connectivity index (χ2v) is 3.94. The molecule has 15 heavy (non-hydrogen) atoms. The van der Waals surface area contributed by atoms with Gasteiger partial charge in [-0.2, -0.15) is 10.5 Å². The van der Waals surface area contributed by atoms with Crippen molar-refractivity contribution in [3.63, 3.8) is 0 Å². The first-order valence-corrected chi connectivity index (χ1v) is 4.95. The van der Waals surface area contributed by atoms with Gasteiger partial charge in [0.1, 0.15) is 6.61 Å². The van der Waals surface area contributed by atoms with Gasteiger partial charge in [0.15, 0.2) is 0 Å². The number of hydrogen-bond donors (Lipinski definition) is 0. The van der Waals surface area contributed by atoms with E-state index in [-0.39, 0.29) is 19.0 Å². The molecule has 0 radical (unpaired) electrons. The van der Waals surface area contributed by atoms with Crippen LogP contribution in [0, 0.1) is 28.1 Å². The molecule has 4 nitrogen and oxygen atoms in total. The average molecular weight is 208 g/mol. The van der Waals surface area contributed by atoms with Crippen LogP contribution in [0.15, 0.2) is 0 Å². The summed E-state index contributed by atoms with van der Waals surface area (Å²) in [5, 5.41) is 16.7. The molecule has 0 aromatic carbocycles. The Morgan fingerprint density at radius 1 is 1.27 bits per heavy atom. The third kappa shape index (κ3) is 5.70. The van der Waals surface area contributed by atoms with E-state index in [1.165, 1.54) is 0 Å². The summed E-state index contributed by atoms with van der Waals surface area (Å²) in [4.78, 5) is 11.5. The van der Waals surface area contributed by atoms with E-state index in [2.05, 4.69) is 0 Å². The van der Waals surface area contributed by atoms with Gasteiger partial charge in [0.2, 0.25) is 0 Å². The number of nitrogens with zero attached hydrogens (tertiary/aromatic N) is 2. The van der Waals surface area contributed by atoms with Crippen molar-refractivity contribution >= 4 is 5.97 Å². The summed E-state index contributed by atoms with van der Waals surface area (Å²) < 4.78 is 4.93. The monoisotopic (exact) mass is 208 g/mol. The van der Waals surface area contributed by atoms with Crippen LogP contribution in [0.1, 0.15) is 39.5 Å². The van der Waals surface area contributed by atoms with Gasteiger partial charge in [-0.1, -0.05) is 0 Å². The fourth-order valence-corrected chi connectivity index (χ4v) is 1.10. The number of hydrogen-bond acceptors (Lipinski definition) is 4. The van der Waals surface area contributed by atoms with Gasteiger partial charge in [-0.3, -0.25) is 4.79 Å². The standard InChI is InChI=1S/C11H16N2O2/c1-11(2,6-3-4-7-12)10(14)15-9-5-8-13/h3-6,9H2,1-2H3. The Labute approximate surface area is 90.4 Å². The van der Waals surface area contributed by atoms with E-state index >= 15 is 0 Å². The molecule has 0 aromatic rings. The van der Waals surface area contributed by atoms with Crippen LogP contribution in [0.3, 0.4) is 0 Å². The van der Waals surface area contributed by atoms with Gasteiger partial charge in [0.25, 0.3) is 0 Å². The quantitative estimate of drug-likeness (QED) is 0.495. The Morgan fingerprint density at radius 2 is 1.87 bits per heavy atom. The molecular weight excluding hydrogens is 192 g/mol. The van der Waals surface area contributed by atoms with Crippen molar-refractivity contribution in [1.82, 2.24) is 0 Å². The van der Waals surface area contributed by atoms with Crippen molar-refractivity contribution in [2.75, 3.05) is 6.61 Å². The maximum atomic E-state index is 11.5. The number of nitriles is 2. The van der Waals surface area contributed by atoms with Crippen molar-refractivity contribution in [3.8, 4) is 12.1 Å². The zero-order valence-corrected chi connectivity index (χ0v) is 9.25. The molecule has 0 bridgehead atoms. The lowest BCUT2D eigenvalue weighted by Crippen LogP contribution is -2.26. The van der Waals surface area contributed by atoms with Crippen LogP contribution in [0.4, 0.5) is 0 Å². The lowest BCUT2D eigenvalue weighted by molar-refractivity contribution is -0.154. The number of carbonyl (C=O) groups is 1. The van der Waals surface area contributed by atoms with Crippen LogP contribution in [0.2, 0.25) is 0 Å². The zero-order chi connectivity index (χ0) is 11.7. The van der Waals surface area contributed by atoms with E-state index in [1.54, 1.807) is 13.8 Å². The number of unbranched alkanes of at least 4 members (excludes halogenated alkanes) is 1. The molecule has 0 amide bonds. The summed E-state index contributed by atoms with van der Waals surface area (Å²) in [6, 6.07) is 3.94. The molecule has 0 saturated heterocycles. The Kier molecular flexibility index (Phi) is 6.13. The van der Waals surface area contributed by atoms with Gasteiger partial charge >= 0.3 is 5.97 Å². The summed E-state index contributed by atoms with van der Waals surface area (Å²) in [5.74, 6) is -0.296. The molecule has 0 fully saturated rings. The molecule has 0 aliphatic rings. The van der Waals surface area contributed by atoms with E-state index in [0.29, 0.717) is 19.3 Å². The maximum absolute atomic E-state index is 11.5. The van der Waals surface area contributed by atoms with E-state index in [9.17, 15) is 4.79 Å². The lowest BCUT2D eigenvalue weighted by Gasteiger charge is -2.21. The Balaban J connectivity index is 3.93. The zero-order valence-electron chi connectivity index (χ0n) is 9.25. The van der Waals surface area contributed by atoms with Crippen molar-refractivity contribution in [1.29, 1.82) is 10.5 Å². The lowest BCUT2D eigenvalue weighted by atomic mass is 9.87. The van der Waals surface area contributed by atoms with Crippen LogP contribution in [-0.4, -0.2) is 12.6 Å².